The quantitative estimate of drug-likeness (QED) is 0.107. The van der Waals surface area contributed by atoms with Gasteiger partial charge in [0.15, 0.2) is 8.07 Å². The van der Waals surface area contributed by atoms with E-state index < -0.39 is 8.07 Å². The van der Waals surface area contributed by atoms with Crippen LogP contribution in [0.5, 0.6) is 0 Å². The van der Waals surface area contributed by atoms with Crippen LogP contribution in [-0.2, 0) is 0 Å². The lowest BCUT2D eigenvalue weighted by atomic mass is 10.1. The second-order valence-electron chi connectivity index (χ2n) is 18.4. The van der Waals surface area contributed by atoms with Gasteiger partial charge in [-0.05, 0) is 86.5 Å². The van der Waals surface area contributed by atoms with Crippen molar-refractivity contribution in [2.24, 2.45) is 0 Å². The predicted molar refractivity (Wildman–Crippen MR) is 299 cm³/mol. The van der Waals surface area contributed by atoms with Crippen molar-refractivity contribution in [1.82, 2.24) is 13.7 Å². The largest absolute Gasteiger partial charge is 0.309 e. The first-order valence-electron chi connectivity index (χ1n) is 24.2. The molecule has 0 N–H and O–H groups in total. The molecule has 0 fully saturated rings. The van der Waals surface area contributed by atoms with Crippen molar-refractivity contribution >= 4 is 94.2 Å². The third-order valence-corrected chi connectivity index (χ3v) is 19.6. The van der Waals surface area contributed by atoms with Gasteiger partial charge in [-0.3, -0.25) is 0 Å². The van der Waals surface area contributed by atoms with Gasteiger partial charge < -0.3 is 13.7 Å². The second kappa shape index (κ2) is 16.1. The van der Waals surface area contributed by atoms with Gasteiger partial charge in [-0.1, -0.05) is 218 Å². The van der Waals surface area contributed by atoms with Crippen LogP contribution >= 0.6 is 0 Å². The zero-order chi connectivity index (χ0) is 46.2. The highest BCUT2D eigenvalue weighted by atomic mass is 28.3. The molecule has 0 amide bonds. The lowest BCUT2D eigenvalue weighted by Gasteiger charge is -2.36. The van der Waals surface area contributed by atoms with E-state index in [1.165, 1.54) is 97.5 Å². The van der Waals surface area contributed by atoms with Gasteiger partial charge in [0.25, 0.3) is 0 Å². The molecule has 0 unspecified atom stereocenters. The molecule has 0 bridgehead atoms. The Hall–Kier alpha value is -8.96. The molecule has 0 aliphatic carbocycles. The molecule has 0 saturated carbocycles. The summed E-state index contributed by atoms with van der Waals surface area (Å²) in [5.41, 5.74) is 12.9. The molecular formula is C66H45N3Si. The summed E-state index contributed by atoms with van der Waals surface area (Å²) in [7, 11) is -3.18. The van der Waals surface area contributed by atoms with E-state index in [0.29, 0.717) is 0 Å². The van der Waals surface area contributed by atoms with E-state index >= 15 is 0 Å². The monoisotopic (exact) mass is 907 g/mol. The van der Waals surface area contributed by atoms with Crippen molar-refractivity contribution in [2.45, 2.75) is 0 Å². The number of para-hydroxylation sites is 5. The van der Waals surface area contributed by atoms with Gasteiger partial charge >= 0.3 is 0 Å². The number of hydrogen-bond donors (Lipinski definition) is 0. The molecule has 3 nitrogen and oxygen atoms in total. The molecular weight excluding hydrogens is 863 g/mol. The normalized spacial score (nSPS) is 12.0. The Kier molecular flexibility index (Phi) is 9.23. The van der Waals surface area contributed by atoms with Crippen LogP contribution in [0.15, 0.2) is 273 Å². The Morgan fingerprint density at radius 1 is 0.243 bits per heavy atom. The summed E-state index contributed by atoms with van der Waals surface area (Å²) in [6, 6.07) is 102. The number of rotatable bonds is 8. The van der Waals surface area contributed by atoms with Crippen LogP contribution in [-0.4, -0.2) is 21.8 Å². The Morgan fingerprint density at radius 2 is 0.629 bits per heavy atom. The molecule has 3 heterocycles. The average molecular weight is 908 g/mol. The molecule has 0 radical (unpaired) electrons. The van der Waals surface area contributed by atoms with Crippen LogP contribution in [0.4, 0.5) is 0 Å². The molecule has 0 atom stereocenters. The smallest absolute Gasteiger partial charge is 0.181 e. The lowest BCUT2D eigenvalue weighted by Crippen LogP contribution is -2.75. The van der Waals surface area contributed by atoms with Gasteiger partial charge in [0.1, 0.15) is 0 Å². The fourth-order valence-electron chi connectivity index (χ4n) is 11.8. The third-order valence-electron chi connectivity index (χ3n) is 14.8. The van der Waals surface area contributed by atoms with Gasteiger partial charge in [0, 0.05) is 43.7 Å². The van der Waals surface area contributed by atoms with Gasteiger partial charge in [-0.2, -0.15) is 0 Å². The second-order valence-corrected chi connectivity index (χ2v) is 22.2. The first kappa shape index (κ1) is 40.1. The maximum atomic E-state index is 2.61. The fourth-order valence-corrected chi connectivity index (χ4v) is 16.8. The highest BCUT2D eigenvalue weighted by molar-refractivity contribution is 7.20. The van der Waals surface area contributed by atoms with Gasteiger partial charge in [-0.15, -0.1) is 0 Å². The minimum atomic E-state index is -3.18. The number of hydrogen-bond acceptors (Lipinski definition) is 0. The molecule has 0 spiro atoms. The SMILES string of the molecule is c1ccc(-c2ccc(-n3c4ccccc4c4cccc(-n5c6ccccc6c6cc(-n7c8ccccc8c8ccccc87)c([Si](c7ccccc7)(c7ccccc7)c7ccccc7)cc65)c43)cc2)cc1. The molecule has 4 heteroatoms. The first-order valence-corrected chi connectivity index (χ1v) is 26.2. The van der Waals surface area contributed by atoms with Gasteiger partial charge in [-0.25, -0.2) is 0 Å². The Bertz CT molecular complexity index is 4110. The van der Waals surface area contributed by atoms with Crippen molar-refractivity contribution in [3.05, 3.63) is 273 Å². The van der Waals surface area contributed by atoms with Crippen molar-refractivity contribution in [1.29, 1.82) is 0 Å². The number of aromatic nitrogens is 3. The van der Waals surface area contributed by atoms with Crippen LogP contribution in [0.25, 0.3) is 93.6 Å². The van der Waals surface area contributed by atoms with Crippen molar-refractivity contribution in [3.63, 3.8) is 0 Å². The minimum Gasteiger partial charge on any atom is -0.309 e. The molecule has 70 heavy (non-hydrogen) atoms. The van der Waals surface area contributed by atoms with Crippen molar-refractivity contribution in [2.75, 3.05) is 0 Å². The molecule has 328 valence electrons. The highest BCUT2D eigenvalue weighted by Crippen LogP contribution is 2.41. The predicted octanol–water partition coefficient (Wildman–Crippen LogP) is 14.0. The van der Waals surface area contributed by atoms with E-state index in [9.17, 15) is 0 Å². The molecule has 11 aromatic carbocycles. The third kappa shape index (κ3) is 5.94. The molecule has 3 aromatic heterocycles. The summed E-state index contributed by atoms with van der Waals surface area (Å²) in [6.07, 6.45) is 0. The summed E-state index contributed by atoms with van der Waals surface area (Å²) >= 11 is 0. The van der Waals surface area contributed by atoms with E-state index in [0.717, 1.165) is 16.9 Å². The molecule has 14 aromatic rings. The highest BCUT2D eigenvalue weighted by Gasteiger charge is 2.44. The summed E-state index contributed by atoms with van der Waals surface area (Å²) in [4.78, 5) is 0. The number of nitrogens with zero attached hydrogens (tertiary/aromatic N) is 3. The summed E-state index contributed by atoms with van der Waals surface area (Å²) in [6.45, 7) is 0. The van der Waals surface area contributed by atoms with E-state index in [4.69, 9.17) is 0 Å². The molecule has 0 aliphatic rings. The average Bonchev–Trinajstić information content (AvgIpc) is 4.08. The van der Waals surface area contributed by atoms with E-state index in [-0.39, 0.29) is 0 Å². The van der Waals surface area contributed by atoms with Crippen LogP contribution in [0, 0.1) is 0 Å². The van der Waals surface area contributed by atoms with E-state index in [2.05, 4.69) is 287 Å². The van der Waals surface area contributed by atoms with Gasteiger partial charge in [0.05, 0.1) is 38.8 Å². The Balaban J connectivity index is 1.16. The molecule has 0 saturated heterocycles. The molecule has 0 aliphatic heterocycles. The van der Waals surface area contributed by atoms with E-state index in [1.807, 2.05) is 0 Å². The summed E-state index contributed by atoms with van der Waals surface area (Å²) in [5, 5.41) is 12.7. The molecule has 14 rings (SSSR count). The standard InChI is InChI=1S/C66H45N3Si/c1-5-22-46(23-6-1)47-40-42-48(43-41-47)67-58-35-17-15-32-54(58)56-34-21-39-62(66(56)67)69-61-38-20-16-33-55(61)57-44-64(68-59-36-18-13-30-52(59)53-31-14-19-37-60(53)68)65(45-63(57)69)70(49-24-7-2-8-25-49,50-26-9-3-10-27-50)51-28-11-4-12-29-51/h1-45H. The zero-order valence-corrected chi connectivity index (χ0v) is 39.3. The number of fused-ring (bicyclic) bond motifs is 9. The van der Waals surface area contributed by atoms with Gasteiger partial charge in [0.2, 0.25) is 0 Å². The maximum Gasteiger partial charge on any atom is 0.181 e. The maximum absolute atomic E-state index is 3.18. The van der Waals surface area contributed by atoms with Crippen molar-refractivity contribution in [3.8, 4) is 28.2 Å². The Morgan fingerprint density at radius 3 is 1.14 bits per heavy atom. The number of benzene rings is 11. The van der Waals surface area contributed by atoms with E-state index in [1.54, 1.807) is 0 Å². The zero-order valence-electron chi connectivity index (χ0n) is 38.3. The fraction of sp³-hybridized carbons (Fsp3) is 0. The van der Waals surface area contributed by atoms with Crippen LogP contribution in [0.2, 0.25) is 0 Å². The summed E-state index contributed by atoms with van der Waals surface area (Å²) in [5.74, 6) is 0. The van der Waals surface area contributed by atoms with Crippen LogP contribution < -0.4 is 20.7 Å². The Labute approximate surface area is 407 Å². The van der Waals surface area contributed by atoms with Crippen LogP contribution in [0.1, 0.15) is 0 Å². The van der Waals surface area contributed by atoms with Crippen LogP contribution in [0.3, 0.4) is 0 Å². The summed E-state index contributed by atoms with van der Waals surface area (Å²) < 4.78 is 7.62. The minimum absolute atomic E-state index is 1.12. The topological polar surface area (TPSA) is 14.8 Å². The lowest BCUT2D eigenvalue weighted by molar-refractivity contribution is 1.13. The van der Waals surface area contributed by atoms with Crippen molar-refractivity contribution < 1.29 is 0 Å². The first-order chi connectivity index (χ1) is 34.8.